The largest absolute Gasteiger partial charge is 0.376 e. The van der Waals surface area contributed by atoms with Crippen molar-refractivity contribution in [1.82, 2.24) is 15.0 Å². The Bertz CT molecular complexity index is 851. The van der Waals surface area contributed by atoms with Crippen LogP contribution >= 0.6 is 0 Å². The molecule has 1 aliphatic heterocycles. The number of nitrogens with one attached hydrogen (secondary N) is 2. The average molecular weight is 361 g/mol. The van der Waals surface area contributed by atoms with Crippen LogP contribution in [0.25, 0.3) is 11.3 Å². The van der Waals surface area contributed by atoms with Crippen molar-refractivity contribution in [3.05, 3.63) is 66.5 Å². The van der Waals surface area contributed by atoms with Crippen LogP contribution in [0.1, 0.15) is 18.4 Å². The molecule has 0 bridgehead atoms. The second-order valence-corrected chi connectivity index (χ2v) is 6.55. The Morgan fingerprint density at radius 3 is 2.63 bits per heavy atom. The normalized spacial score (nSPS) is 16.2. The highest BCUT2D eigenvalue weighted by Crippen LogP contribution is 2.22. The van der Waals surface area contributed by atoms with Crippen LogP contribution in [0, 0.1) is 0 Å². The molecule has 2 aromatic heterocycles. The number of pyridine rings is 1. The number of hydrogen-bond donors (Lipinski definition) is 2. The van der Waals surface area contributed by atoms with E-state index < -0.39 is 0 Å². The molecule has 6 nitrogen and oxygen atoms in total. The maximum absolute atomic E-state index is 5.70. The monoisotopic (exact) mass is 361 g/mol. The van der Waals surface area contributed by atoms with Gasteiger partial charge in [-0.25, -0.2) is 4.98 Å². The molecule has 2 N–H and O–H groups in total. The fourth-order valence-corrected chi connectivity index (χ4v) is 3.08. The second kappa shape index (κ2) is 8.60. The van der Waals surface area contributed by atoms with Gasteiger partial charge in [0.05, 0.1) is 11.8 Å². The molecule has 1 aliphatic rings. The molecule has 3 heterocycles. The van der Waals surface area contributed by atoms with Crippen LogP contribution in [0.15, 0.2) is 60.9 Å². The van der Waals surface area contributed by atoms with E-state index in [4.69, 9.17) is 4.74 Å². The molecule has 1 unspecified atom stereocenters. The Labute approximate surface area is 159 Å². The Kier molecular flexibility index (Phi) is 5.55. The van der Waals surface area contributed by atoms with Gasteiger partial charge in [0, 0.05) is 43.7 Å². The lowest BCUT2D eigenvalue weighted by molar-refractivity contribution is 0.120. The Morgan fingerprint density at radius 1 is 1.00 bits per heavy atom. The molecule has 1 aromatic carbocycles. The summed E-state index contributed by atoms with van der Waals surface area (Å²) in [5.41, 5.74) is 3.08. The highest BCUT2D eigenvalue weighted by atomic mass is 16.5. The number of hydrogen-bond acceptors (Lipinski definition) is 6. The molecule has 1 atom stereocenters. The molecular weight excluding hydrogens is 338 g/mol. The van der Waals surface area contributed by atoms with Gasteiger partial charge in [-0.1, -0.05) is 30.3 Å². The molecule has 0 aliphatic carbocycles. The van der Waals surface area contributed by atoms with Gasteiger partial charge in [0.1, 0.15) is 5.82 Å². The first-order chi connectivity index (χ1) is 13.4. The Balaban J connectivity index is 1.53. The van der Waals surface area contributed by atoms with Gasteiger partial charge in [-0.05, 0) is 30.5 Å². The number of nitrogens with zero attached hydrogens (tertiary/aromatic N) is 3. The van der Waals surface area contributed by atoms with E-state index >= 15 is 0 Å². The van der Waals surface area contributed by atoms with E-state index in [0.29, 0.717) is 12.5 Å². The molecule has 0 radical (unpaired) electrons. The number of ether oxygens (including phenoxy) is 1. The van der Waals surface area contributed by atoms with Crippen molar-refractivity contribution < 1.29 is 4.74 Å². The smallest absolute Gasteiger partial charge is 0.225 e. The average Bonchev–Trinajstić information content (AvgIpc) is 3.26. The summed E-state index contributed by atoms with van der Waals surface area (Å²) in [6.07, 6.45) is 6.05. The molecule has 6 heteroatoms. The topological polar surface area (TPSA) is 72.0 Å². The standard InChI is InChI=1S/C21H23N5O/c1-2-5-17(6-3-1)19-13-20(23-15-18-7-4-12-27-18)26-21(25-19)24-14-16-8-10-22-11-9-16/h1-3,5-6,8-11,13,18H,4,7,12,14-15H2,(H2,23,24,25,26). The first kappa shape index (κ1) is 17.4. The van der Waals surface area contributed by atoms with Gasteiger partial charge in [-0.2, -0.15) is 4.98 Å². The van der Waals surface area contributed by atoms with Crippen LogP contribution in [0.4, 0.5) is 11.8 Å². The summed E-state index contributed by atoms with van der Waals surface area (Å²) in [6.45, 7) is 2.26. The molecule has 3 aromatic rings. The fraction of sp³-hybridized carbons (Fsp3) is 0.286. The zero-order chi connectivity index (χ0) is 18.3. The number of benzene rings is 1. The second-order valence-electron chi connectivity index (χ2n) is 6.55. The SMILES string of the molecule is c1ccc(-c2cc(NCC3CCCO3)nc(NCc3ccncc3)n2)cc1. The Hall–Kier alpha value is -2.99. The van der Waals surface area contributed by atoms with Gasteiger partial charge in [0.25, 0.3) is 0 Å². The van der Waals surface area contributed by atoms with Gasteiger partial charge in [-0.15, -0.1) is 0 Å². The molecule has 27 heavy (non-hydrogen) atoms. The van der Waals surface area contributed by atoms with Gasteiger partial charge in [0.2, 0.25) is 5.95 Å². The number of anilines is 2. The summed E-state index contributed by atoms with van der Waals surface area (Å²) in [5.74, 6) is 1.40. The van der Waals surface area contributed by atoms with Crippen LogP contribution in [0.3, 0.4) is 0 Å². The molecule has 138 valence electrons. The summed E-state index contributed by atoms with van der Waals surface area (Å²) in [6, 6.07) is 16.1. The van der Waals surface area contributed by atoms with Crippen molar-refractivity contribution in [2.45, 2.75) is 25.5 Å². The molecular formula is C21H23N5O. The van der Waals surface area contributed by atoms with Gasteiger partial charge in [0.15, 0.2) is 0 Å². The molecule has 1 fully saturated rings. The molecule has 1 saturated heterocycles. The van der Waals surface area contributed by atoms with E-state index in [2.05, 4.69) is 37.7 Å². The molecule has 4 rings (SSSR count). The van der Waals surface area contributed by atoms with Crippen LogP contribution < -0.4 is 10.6 Å². The minimum atomic E-state index is 0.258. The summed E-state index contributed by atoms with van der Waals surface area (Å²) in [7, 11) is 0. The minimum Gasteiger partial charge on any atom is -0.376 e. The van der Waals surface area contributed by atoms with Gasteiger partial charge >= 0.3 is 0 Å². The highest BCUT2D eigenvalue weighted by molar-refractivity contribution is 5.64. The van der Waals surface area contributed by atoms with Crippen molar-refractivity contribution in [3.63, 3.8) is 0 Å². The lowest BCUT2D eigenvalue weighted by Gasteiger charge is -2.14. The van der Waals surface area contributed by atoms with Gasteiger partial charge < -0.3 is 15.4 Å². The third kappa shape index (κ3) is 4.80. The highest BCUT2D eigenvalue weighted by Gasteiger charge is 2.15. The first-order valence-corrected chi connectivity index (χ1v) is 9.29. The third-order valence-corrected chi connectivity index (χ3v) is 4.53. The van der Waals surface area contributed by atoms with Crippen molar-refractivity contribution in [1.29, 1.82) is 0 Å². The van der Waals surface area contributed by atoms with Crippen LogP contribution in [-0.2, 0) is 11.3 Å². The molecule has 0 saturated carbocycles. The maximum atomic E-state index is 5.70. The van der Waals surface area contributed by atoms with Crippen molar-refractivity contribution in [2.75, 3.05) is 23.8 Å². The van der Waals surface area contributed by atoms with E-state index in [1.165, 1.54) is 0 Å². The summed E-state index contributed by atoms with van der Waals surface area (Å²) < 4.78 is 5.70. The molecule has 0 spiro atoms. The summed E-state index contributed by atoms with van der Waals surface area (Å²) in [5, 5.41) is 6.73. The number of aromatic nitrogens is 3. The van der Waals surface area contributed by atoms with E-state index in [1.54, 1.807) is 12.4 Å². The van der Waals surface area contributed by atoms with Crippen LogP contribution in [0.5, 0.6) is 0 Å². The zero-order valence-corrected chi connectivity index (χ0v) is 15.1. The maximum Gasteiger partial charge on any atom is 0.225 e. The van der Waals surface area contributed by atoms with Crippen LogP contribution in [0.2, 0.25) is 0 Å². The van der Waals surface area contributed by atoms with Gasteiger partial charge in [-0.3, -0.25) is 4.98 Å². The Morgan fingerprint density at radius 2 is 1.85 bits per heavy atom. The predicted octanol–water partition coefficient (Wildman–Crippen LogP) is 3.74. The fourth-order valence-electron chi connectivity index (χ4n) is 3.08. The van der Waals surface area contributed by atoms with E-state index in [-0.39, 0.29) is 6.10 Å². The number of rotatable bonds is 7. The minimum absolute atomic E-state index is 0.258. The summed E-state index contributed by atoms with van der Waals surface area (Å²) in [4.78, 5) is 13.4. The first-order valence-electron chi connectivity index (χ1n) is 9.29. The third-order valence-electron chi connectivity index (χ3n) is 4.53. The predicted molar refractivity (Wildman–Crippen MR) is 106 cm³/mol. The zero-order valence-electron chi connectivity index (χ0n) is 15.1. The lowest BCUT2D eigenvalue weighted by atomic mass is 10.1. The summed E-state index contributed by atoms with van der Waals surface area (Å²) >= 11 is 0. The lowest BCUT2D eigenvalue weighted by Crippen LogP contribution is -2.19. The van der Waals surface area contributed by atoms with Crippen molar-refractivity contribution in [2.24, 2.45) is 0 Å². The van der Waals surface area contributed by atoms with Crippen LogP contribution in [-0.4, -0.2) is 34.2 Å². The van der Waals surface area contributed by atoms with E-state index in [0.717, 1.165) is 48.6 Å². The quantitative estimate of drug-likeness (QED) is 0.668. The van der Waals surface area contributed by atoms with E-state index in [9.17, 15) is 0 Å². The van der Waals surface area contributed by atoms with Crippen molar-refractivity contribution in [3.8, 4) is 11.3 Å². The van der Waals surface area contributed by atoms with E-state index in [1.807, 2.05) is 36.4 Å². The molecule has 0 amide bonds. The van der Waals surface area contributed by atoms with Crippen molar-refractivity contribution >= 4 is 11.8 Å².